The van der Waals surface area contributed by atoms with Gasteiger partial charge in [-0.25, -0.2) is 4.79 Å². The van der Waals surface area contributed by atoms with E-state index in [1.165, 1.54) is 19.4 Å². The van der Waals surface area contributed by atoms with Crippen LogP contribution in [0.25, 0.3) is 0 Å². The van der Waals surface area contributed by atoms with Gasteiger partial charge in [0, 0.05) is 26.7 Å². The first kappa shape index (κ1) is 17.2. The molecule has 1 N–H and O–H groups in total. The monoisotopic (exact) mass is 331 g/mol. The number of amides is 2. The molecular weight excluding hydrogens is 302 g/mol. The van der Waals surface area contributed by atoms with E-state index in [1.807, 2.05) is 30.1 Å². The summed E-state index contributed by atoms with van der Waals surface area (Å²) >= 11 is 0. The van der Waals surface area contributed by atoms with Crippen molar-refractivity contribution in [2.45, 2.75) is 31.4 Å². The number of hydrogen-bond acceptors (Lipinski definition) is 3. The lowest BCUT2D eigenvalue weighted by Gasteiger charge is -2.33. The second-order valence-corrected chi connectivity index (χ2v) is 7.20. The van der Waals surface area contributed by atoms with Crippen molar-refractivity contribution in [2.75, 3.05) is 40.3 Å². The van der Waals surface area contributed by atoms with Gasteiger partial charge in [-0.2, -0.15) is 0 Å². The van der Waals surface area contributed by atoms with Crippen molar-refractivity contribution in [2.24, 2.45) is 5.92 Å². The van der Waals surface area contributed by atoms with Crippen molar-refractivity contribution in [3.8, 4) is 0 Å². The lowest BCUT2D eigenvalue weighted by atomic mass is 9.98. The maximum atomic E-state index is 12.6. The molecular formula is C19H29N3O2. The van der Waals surface area contributed by atoms with Crippen LogP contribution < -0.4 is 5.32 Å². The standard InChI is InChI=1S/C19H29N3O2/c1-21-11-6-7-15(13-21)14-22(2)19(23)20-17-10-12-24-18(17)16-8-4-3-5-9-16/h3-5,8-9,15,17-18H,6-7,10-14H2,1-2H3,(H,20,23)/t15-,17-,18-/m0/s1. The number of nitrogens with zero attached hydrogens (tertiary/aromatic N) is 2. The zero-order chi connectivity index (χ0) is 16.9. The molecule has 24 heavy (non-hydrogen) atoms. The van der Waals surface area contributed by atoms with Gasteiger partial charge in [0.1, 0.15) is 6.10 Å². The number of nitrogens with one attached hydrogen (secondary N) is 1. The maximum Gasteiger partial charge on any atom is 0.317 e. The largest absolute Gasteiger partial charge is 0.371 e. The van der Waals surface area contributed by atoms with Crippen molar-refractivity contribution in [1.29, 1.82) is 0 Å². The van der Waals surface area contributed by atoms with Gasteiger partial charge in [-0.3, -0.25) is 0 Å². The molecule has 0 bridgehead atoms. The van der Waals surface area contributed by atoms with Crippen LogP contribution in [0.5, 0.6) is 0 Å². The molecule has 2 amide bonds. The molecule has 0 saturated carbocycles. The van der Waals surface area contributed by atoms with E-state index >= 15 is 0 Å². The van der Waals surface area contributed by atoms with Crippen LogP contribution in [0.3, 0.4) is 0 Å². The third kappa shape index (κ3) is 4.28. The molecule has 0 radical (unpaired) electrons. The van der Waals surface area contributed by atoms with Gasteiger partial charge >= 0.3 is 6.03 Å². The zero-order valence-corrected chi connectivity index (χ0v) is 14.8. The highest BCUT2D eigenvalue weighted by molar-refractivity contribution is 5.74. The number of urea groups is 1. The van der Waals surface area contributed by atoms with Crippen LogP contribution in [0.15, 0.2) is 30.3 Å². The molecule has 2 fully saturated rings. The van der Waals surface area contributed by atoms with Gasteiger partial charge in [-0.15, -0.1) is 0 Å². The number of likely N-dealkylation sites (tertiary alicyclic amines) is 1. The first-order valence-electron chi connectivity index (χ1n) is 9.00. The number of carbonyl (C=O) groups excluding carboxylic acids is 1. The van der Waals surface area contributed by atoms with Gasteiger partial charge in [0.05, 0.1) is 6.04 Å². The average Bonchev–Trinajstić information content (AvgIpc) is 3.03. The molecule has 3 rings (SSSR count). The molecule has 2 saturated heterocycles. The van der Waals surface area contributed by atoms with E-state index in [0.717, 1.165) is 25.1 Å². The Bertz CT molecular complexity index is 537. The summed E-state index contributed by atoms with van der Waals surface area (Å²) in [6.07, 6.45) is 3.26. The molecule has 0 aromatic heterocycles. The van der Waals surface area contributed by atoms with E-state index in [4.69, 9.17) is 4.74 Å². The maximum absolute atomic E-state index is 12.6. The lowest BCUT2D eigenvalue weighted by Crippen LogP contribution is -2.47. The van der Waals surface area contributed by atoms with Crippen molar-refractivity contribution < 1.29 is 9.53 Å². The van der Waals surface area contributed by atoms with Crippen LogP contribution in [0, 0.1) is 5.92 Å². The molecule has 3 atom stereocenters. The minimum absolute atomic E-state index is 0.0136. The number of piperidine rings is 1. The van der Waals surface area contributed by atoms with Gasteiger partial charge < -0.3 is 19.9 Å². The summed E-state index contributed by atoms with van der Waals surface area (Å²) < 4.78 is 5.86. The van der Waals surface area contributed by atoms with Crippen LogP contribution in [0.1, 0.15) is 30.9 Å². The normalized spacial score (nSPS) is 27.8. The van der Waals surface area contributed by atoms with Crippen molar-refractivity contribution in [1.82, 2.24) is 15.1 Å². The molecule has 5 heteroatoms. The Balaban J connectivity index is 1.53. The second-order valence-electron chi connectivity index (χ2n) is 7.20. The van der Waals surface area contributed by atoms with E-state index in [9.17, 15) is 4.79 Å². The van der Waals surface area contributed by atoms with Crippen LogP contribution in [-0.2, 0) is 4.74 Å². The fourth-order valence-electron chi connectivity index (χ4n) is 3.87. The van der Waals surface area contributed by atoms with Crippen molar-refractivity contribution in [3.63, 3.8) is 0 Å². The number of hydrogen-bond donors (Lipinski definition) is 1. The lowest BCUT2D eigenvalue weighted by molar-refractivity contribution is 0.0977. The topological polar surface area (TPSA) is 44.8 Å². The highest BCUT2D eigenvalue weighted by atomic mass is 16.5. The third-order valence-electron chi connectivity index (χ3n) is 5.13. The van der Waals surface area contributed by atoms with Crippen molar-refractivity contribution in [3.05, 3.63) is 35.9 Å². The predicted molar refractivity (Wildman–Crippen MR) is 94.9 cm³/mol. The molecule has 2 aliphatic heterocycles. The van der Waals surface area contributed by atoms with E-state index in [1.54, 1.807) is 0 Å². The minimum atomic E-state index is -0.0376. The van der Waals surface area contributed by atoms with Crippen molar-refractivity contribution >= 4 is 6.03 Å². The SMILES string of the molecule is CN1CCC[C@H](CN(C)C(=O)N[C@H]2CCO[C@H]2c2ccccc2)C1. The van der Waals surface area contributed by atoms with E-state index in [-0.39, 0.29) is 18.2 Å². The Kier molecular flexibility index (Phi) is 5.74. The van der Waals surface area contributed by atoms with E-state index in [0.29, 0.717) is 12.5 Å². The summed E-state index contributed by atoms with van der Waals surface area (Å²) in [5.74, 6) is 0.573. The van der Waals surface area contributed by atoms with Gasteiger partial charge in [0.2, 0.25) is 0 Å². The summed E-state index contributed by atoms with van der Waals surface area (Å²) in [5, 5.41) is 3.18. The molecule has 0 aliphatic carbocycles. The van der Waals surface area contributed by atoms with E-state index < -0.39 is 0 Å². The molecule has 2 aliphatic rings. The number of ether oxygens (including phenoxy) is 1. The molecule has 0 spiro atoms. The summed E-state index contributed by atoms with van der Waals surface area (Å²) in [4.78, 5) is 16.8. The zero-order valence-electron chi connectivity index (χ0n) is 14.8. The van der Waals surface area contributed by atoms with Gasteiger partial charge in [-0.05, 0) is 44.3 Å². The van der Waals surface area contributed by atoms with Crippen LogP contribution in [-0.4, -0.2) is 62.2 Å². The minimum Gasteiger partial charge on any atom is -0.371 e. The van der Waals surface area contributed by atoms with E-state index in [2.05, 4.69) is 29.4 Å². The number of benzene rings is 1. The smallest absolute Gasteiger partial charge is 0.317 e. The Labute approximate surface area is 145 Å². The highest BCUT2D eigenvalue weighted by Crippen LogP contribution is 2.29. The van der Waals surface area contributed by atoms with Crippen LogP contribution >= 0.6 is 0 Å². The fourth-order valence-corrected chi connectivity index (χ4v) is 3.87. The second kappa shape index (κ2) is 7.99. The molecule has 2 heterocycles. The quantitative estimate of drug-likeness (QED) is 0.922. The molecule has 0 unspecified atom stereocenters. The van der Waals surface area contributed by atoms with Gasteiger partial charge in [0.15, 0.2) is 0 Å². The number of rotatable bonds is 4. The Morgan fingerprint density at radius 3 is 2.88 bits per heavy atom. The predicted octanol–water partition coefficient (Wildman–Crippen LogP) is 2.50. The molecule has 132 valence electrons. The summed E-state index contributed by atoms with van der Waals surface area (Å²) in [5.41, 5.74) is 1.14. The first-order valence-corrected chi connectivity index (χ1v) is 9.00. The highest BCUT2D eigenvalue weighted by Gasteiger charge is 2.32. The Morgan fingerprint density at radius 2 is 2.12 bits per heavy atom. The molecule has 5 nitrogen and oxygen atoms in total. The first-order chi connectivity index (χ1) is 11.6. The summed E-state index contributed by atoms with van der Waals surface area (Å²) in [7, 11) is 4.06. The fraction of sp³-hybridized carbons (Fsp3) is 0.632. The Morgan fingerprint density at radius 1 is 1.33 bits per heavy atom. The summed E-state index contributed by atoms with van der Waals surface area (Å²) in [6, 6.07) is 10.2. The number of carbonyl (C=O) groups is 1. The van der Waals surface area contributed by atoms with Crippen LogP contribution in [0.4, 0.5) is 4.79 Å². The molecule has 1 aromatic carbocycles. The summed E-state index contributed by atoms with van der Waals surface area (Å²) in [6.45, 7) is 3.77. The van der Waals surface area contributed by atoms with Gasteiger partial charge in [0.25, 0.3) is 0 Å². The average molecular weight is 331 g/mol. The van der Waals surface area contributed by atoms with Crippen LogP contribution in [0.2, 0.25) is 0 Å². The Hall–Kier alpha value is -1.59. The molecule has 1 aromatic rings. The van der Waals surface area contributed by atoms with Gasteiger partial charge in [-0.1, -0.05) is 30.3 Å². The third-order valence-corrected chi connectivity index (χ3v) is 5.13.